The van der Waals surface area contributed by atoms with Gasteiger partial charge in [0.15, 0.2) is 0 Å². The topological polar surface area (TPSA) is 83.2 Å². The SMILES string of the molecule is Cc1ccc(S(=O)(=O)n2cc(-c3cc(C)cc(Oc4ccc(C(F)(F)F)nc4)c3)c3c2ccc(=O)n3C)cc1. The fourth-order valence-corrected chi connectivity index (χ4v) is 5.67. The minimum atomic E-state index is -4.57. The number of halogens is 3. The highest BCUT2D eigenvalue weighted by molar-refractivity contribution is 7.90. The Bertz CT molecular complexity index is 1870. The summed E-state index contributed by atoms with van der Waals surface area (Å²) in [6.07, 6.45) is -2.13. The molecular weight excluding hydrogens is 531 g/mol. The predicted molar refractivity (Wildman–Crippen MR) is 140 cm³/mol. The van der Waals surface area contributed by atoms with Crippen molar-refractivity contribution in [2.24, 2.45) is 7.05 Å². The fraction of sp³-hybridized carbons (Fsp3) is 0.143. The van der Waals surface area contributed by atoms with Gasteiger partial charge in [-0.1, -0.05) is 23.8 Å². The molecular formula is C28H22F3N3O4S. The number of benzene rings is 2. The summed E-state index contributed by atoms with van der Waals surface area (Å²) >= 11 is 0. The van der Waals surface area contributed by atoms with Crippen LogP contribution in [0.25, 0.3) is 22.2 Å². The van der Waals surface area contributed by atoms with E-state index in [1.54, 1.807) is 44.3 Å². The monoisotopic (exact) mass is 553 g/mol. The van der Waals surface area contributed by atoms with Crippen molar-refractivity contribution >= 4 is 21.1 Å². The van der Waals surface area contributed by atoms with E-state index in [1.807, 2.05) is 6.92 Å². The van der Waals surface area contributed by atoms with Gasteiger partial charge in [-0.15, -0.1) is 0 Å². The van der Waals surface area contributed by atoms with E-state index in [0.29, 0.717) is 27.9 Å². The van der Waals surface area contributed by atoms with Crippen LogP contribution in [0.2, 0.25) is 0 Å². The van der Waals surface area contributed by atoms with Gasteiger partial charge in [0.25, 0.3) is 15.6 Å². The molecule has 0 atom stereocenters. The molecule has 0 fully saturated rings. The number of hydrogen-bond acceptors (Lipinski definition) is 5. The second-order valence-electron chi connectivity index (χ2n) is 9.13. The number of nitrogens with zero attached hydrogens (tertiary/aromatic N) is 3. The molecule has 0 unspecified atom stereocenters. The van der Waals surface area contributed by atoms with Crippen molar-refractivity contribution in [2.45, 2.75) is 24.9 Å². The molecule has 39 heavy (non-hydrogen) atoms. The summed E-state index contributed by atoms with van der Waals surface area (Å²) in [7, 11) is -2.46. The molecule has 0 aliphatic heterocycles. The van der Waals surface area contributed by atoms with E-state index in [0.717, 1.165) is 27.4 Å². The Labute approximate surface area is 221 Å². The zero-order valence-electron chi connectivity index (χ0n) is 21.0. The maximum atomic E-state index is 13.6. The summed E-state index contributed by atoms with van der Waals surface area (Å²) in [5.74, 6) is 0.395. The summed E-state index contributed by atoms with van der Waals surface area (Å²) in [4.78, 5) is 16.1. The Hall–Kier alpha value is -4.38. The first-order valence-electron chi connectivity index (χ1n) is 11.7. The van der Waals surface area contributed by atoms with E-state index in [-0.39, 0.29) is 16.2 Å². The van der Waals surface area contributed by atoms with E-state index >= 15 is 0 Å². The second kappa shape index (κ2) is 9.42. The average Bonchev–Trinajstić information content (AvgIpc) is 3.27. The molecule has 0 saturated carbocycles. The zero-order valence-corrected chi connectivity index (χ0v) is 21.8. The van der Waals surface area contributed by atoms with Crippen LogP contribution in [0.15, 0.2) is 88.8 Å². The van der Waals surface area contributed by atoms with E-state index in [4.69, 9.17) is 4.74 Å². The van der Waals surface area contributed by atoms with Gasteiger partial charge >= 0.3 is 6.18 Å². The summed E-state index contributed by atoms with van der Waals surface area (Å²) in [5.41, 5.74) is 2.00. The molecule has 7 nitrogen and oxygen atoms in total. The molecule has 11 heteroatoms. The van der Waals surface area contributed by atoms with Crippen LogP contribution in [-0.4, -0.2) is 21.9 Å². The van der Waals surface area contributed by atoms with Crippen molar-refractivity contribution in [3.8, 4) is 22.6 Å². The van der Waals surface area contributed by atoms with Gasteiger partial charge in [-0.3, -0.25) is 4.79 Å². The lowest BCUT2D eigenvalue weighted by molar-refractivity contribution is -0.141. The smallest absolute Gasteiger partial charge is 0.433 e. The first-order valence-corrected chi connectivity index (χ1v) is 13.1. The Balaban J connectivity index is 1.64. The van der Waals surface area contributed by atoms with Gasteiger partial charge in [-0.05, 0) is 67.4 Å². The van der Waals surface area contributed by atoms with Gasteiger partial charge in [0, 0.05) is 24.9 Å². The lowest BCUT2D eigenvalue weighted by Crippen LogP contribution is -2.17. The normalized spacial score (nSPS) is 12.2. The Morgan fingerprint density at radius 2 is 1.59 bits per heavy atom. The van der Waals surface area contributed by atoms with E-state index in [9.17, 15) is 26.4 Å². The molecule has 5 rings (SSSR count). The van der Waals surface area contributed by atoms with Crippen molar-refractivity contribution in [3.05, 3.63) is 106 Å². The van der Waals surface area contributed by atoms with Gasteiger partial charge in [0.1, 0.15) is 17.2 Å². The highest BCUT2D eigenvalue weighted by Crippen LogP contribution is 2.36. The van der Waals surface area contributed by atoms with Crippen LogP contribution in [0.5, 0.6) is 11.5 Å². The van der Waals surface area contributed by atoms with Crippen molar-refractivity contribution in [3.63, 3.8) is 0 Å². The van der Waals surface area contributed by atoms with Crippen LogP contribution >= 0.6 is 0 Å². The third-order valence-corrected chi connectivity index (χ3v) is 7.92. The molecule has 0 aliphatic carbocycles. The molecule has 0 spiro atoms. The summed E-state index contributed by atoms with van der Waals surface area (Å²) in [5, 5.41) is 0. The van der Waals surface area contributed by atoms with Gasteiger partial charge in [-0.2, -0.15) is 13.2 Å². The van der Waals surface area contributed by atoms with Gasteiger partial charge < -0.3 is 9.30 Å². The van der Waals surface area contributed by atoms with E-state index < -0.39 is 21.9 Å². The summed E-state index contributed by atoms with van der Waals surface area (Å²) in [6.45, 7) is 3.65. The highest BCUT2D eigenvalue weighted by atomic mass is 32.2. The number of pyridine rings is 2. The first-order chi connectivity index (χ1) is 18.3. The minimum absolute atomic E-state index is 0.0912. The third kappa shape index (κ3) is 4.92. The molecule has 0 amide bonds. The van der Waals surface area contributed by atoms with Crippen LogP contribution < -0.4 is 10.3 Å². The molecule has 200 valence electrons. The highest BCUT2D eigenvalue weighted by Gasteiger charge is 2.32. The number of fused-ring (bicyclic) bond motifs is 1. The minimum Gasteiger partial charge on any atom is -0.456 e. The van der Waals surface area contributed by atoms with E-state index in [1.165, 1.54) is 41.1 Å². The first kappa shape index (κ1) is 26.2. The van der Waals surface area contributed by atoms with Gasteiger partial charge in [-0.25, -0.2) is 17.4 Å². The lowest BCUT2D eigenvalue weighted by Gasteiger charge is -2.11. The molecule has 3 aromatic heterocycles. The molecule has 0 bridgehead atoms. The number of rotatable bonds is 5. The summed E-state index contributed by atoms with van der Waals surface area (Å²) in [6, 6.07) is 16.3. The predicted octanol–water partition coefficient (Wildman–Crippen LogP) is 6.07. The standard InChI is InChI=1S/C28H22F3N3O4S/c1-17-4-7-22(8-5-17)39(36,37)34-16-23(27-24(34)9-11-26(35)33(27)3)19-12-18(2)13-21(14-19)38-20-6-10-25(32-15-20)28(29,30)31/h4-16H,1-3H3. The fourth-order valence-electron chi connectivity index (χ4n) is 4.31. The molecule has 5 aromatic rings. The number of aryl methyl sites for hydroxylation is 3. The van der Waals surface area contributed by atoms with Crippen molar-refractivity contribution < 1.29 is 26.3 Å². The van der Waals surface area contributed by atoms with E-state index in [2.05, 4.69) is 4.98 Å². The molecule has 0 aliphatic rings. The largest absolute Gasteiger partial charge is 0.456 e. The number of alkyl halides is 3. The zero-order chi connectivity index (χ0) is 28.1. The molecule has 3 heterocycles. The van der Waals surface area contributed by atoms with Crippen LogP contribution in [0.4, 0.5) is 13.2 Å². The van der Waals surface area contributed by atoms with Crippen molar-refractivity contribution in [1.82, 2.24) is 13.5 Å². The quantitative estimate of drug-likeness (QED) is 0.264. The second-order valence-corrected chi connectivity index (χ2v) is 10.9. The number of ether oxygens (including phenoxy) is 1. The third-order valence-electron chi connectivity index (χ3n) is 6.23. The van der Waals surface area contributed by atoms with Gasteiger partial charge in [0.2, 0.25) is 0 Å². The number of hydrogen-bond donors (Lipinski definition) is 0. The Kier molecular flexibility index (Phi) is 6.34. The van der Waals surface area contributed by atoms with Crippen LogP contribution in [0.3, 0.4) is 0 Å². The number of aromatic nitrogens is 3. The maximum Gasteiger partial charge on any atom is 0.433 e. The Morgan fingerprint density at radius 1 is 0.872 bits per heavy atom. The van der Waals surface area contributed by atoms with Crippen molar-refractivity contribution in [1.29, 1.82) is 0 Å². The molecule has 0 saturated heterocycles. The van der Waals surface area contributed by atoms with Crippen LogP contribution in [0, 0.1) is 13.8 Å². The molecule has 2 aromatic carbocycles. The van der Waals surface area contributed by atoms with Crippen LogP contribution in [0.1, 0.15) is 16.8 Å². The molecule has 0 N–H and O–H groups in total. The summed E-state index contributed by atoms with van der Waals surface area (Å²) < 4.78 is 74.2. The lowest BCUT2D eigenvalue weighted by atomic mass is 10.0. The van der Waals surface area contributed by atoms with Crippen molar-refractivity contribution in [2.75, 3.05) is 0 Å². The molecule has 0 radical (unpaired) electrons. The van der Waals surface area contributed by atoms with Gasteiger partial charge in [0.05, 0.1) is 22.1 Å². The maximum absolute atomic E-state index is 13.6. The Morgan fingerprint density at radius 3 is 2.23 bits per heavy atom. The van der Waals surface area contributed by atoms with Crippen LogP contribution in [-0.2, 0) is 23.2 Å². The average molecular weight is 554 g/mol.